The molecular formula is C22H14FN2NiO-. The van der Waals surface area contributed by atoms with Gasteiger partial charge in [-0.05, 0) is 30.3 Å². The molecule has 1 N–H and O–H groups in total. The summed E-state index contributed by atoms with van der Waals surface area (Å²) in [5, 5.41) is 10.0. The van der Waals surface area contributed by atoms with Crippen LogP contribution in [0.2, 0.25) is 0 Å². The molecule has 0 saturated heterocycles. The van der Waals surface area contributed by atoms with Crippen molar-refractivity contribution in [3.05, 3.63) is 90.9 Å². The van der Waals surface area contributed by atoms with Crippen molar-refractivity contribution < 1.29 is 26.0 Å². The van der Waals surface area contributed by atoms with Gasteiger partial charge in [0.2, 0.25) is 0 Å². The number of aromatic hydroxyl groups is 1. The number of hydrogen-bond acceptors (Lipinski definition) is 3. The van der Waals surface area contributed by atoms with E-state index in [1.54, 1.807) is 30.5 Å². The molecule has 0 saturated carbocycles. The standard InChI is InChI=1S/C22H14FN2O.Ni/c23-17-13-20(25-21(14-17)18-8-1-2-10-22(18)26)16-7-5-6-15(12-16)19-9-3-4-11-24-19;/h1-11,13-14,26H;/q-1;. The average Bonchev–Trinajstić information content (AvgIpc) is 2.69. The van der Waals surface area contributed by atoms with Crippen LogP contribution in [-0.2, 0) is 16.5 Å². The van der Waals surface area contributed by atoms with Gasteiger partial charge in [0.1, 0.15) is 11.6 Å². The van der Waals surface area contributed by atoms with Crippen LogP contribution in [0.1, 0.15) is 0 Å². The van der Waals surface area contributed by atoms with E-state index in [0.29, 0.717) is 22.5 Å². The molecule has 0 fully saturated rings. The SMILES string of the molecule is Oc1ccccc1-c1cc(F)cc(-c2[c-]c(-c3ccccn3)ccc2)n1.[Ni]. The minimum Gasteiger partial charge on any atom is -0.507 e. The summed E-state index contributed by atoms with van der Waals surface area (Å²) in [7, 11) is 0. The van der Waals surface area contributed by atoms with Crippen LogP contribution in [-0.4, -0.2) is 15.1 Å². The Morgan fingerprint density at radius 3 is 2.22 bits per heavy atom. The first-order valence-corrected chi connectivity index (χ1v) is 8.11. The third-order valence-electron chi connectivity index (χ3n) is 3.98. The molecule has 0 aliphatic carbocycles. The van der Waals surface area contributed by atoms with Crippen LogP contribution in [0.15, 0.2) is 79.0 Å². The van der Waals surface area contributed by atoms with Gasteiger partial charge in [0.05, 0.1) is 5.69 Å². The number of aromatic nitrogens is 2. The van der Waals surface area contributed by atoms with Crippen LogP contribution in [0, 0.1) is 11.9 Å². The first kappa shape index (κ1) is 18.7. The van der Waals surface area contributed by atoms with E-state index in [4.69, 9.17) is 0 Å². The zero-order valence-corrected chi connectivity index (χ0v) is 15.0. The Balaban J connectivity index is 0.00000210. The van der Waals surface area contributed by atoms with Crippen LogP contribution in [0.25, 0.3) is 33.8 Å². The van der Waals surface area contributed by atoms with Crippen molar-refractivity contribution in [2.75, 3.05) is 0 Å². The van der Waals surface area contributed by atoms with Gasteiger partial charge in [-0.3, -0.25) is 9.97 Å². The summed E-state index contributed by atoms with van der Waals surface area (Å²) in [6.07, 6.45) is 1.71. The van der Waals surface area contributed by atoms with Crippen molar-refractivity contribution in [3.63, 3.8) is 0 Å². The van der Waals surface area contributed by atoms with Crippen LogP contribution in [0.3, 0.4) is 0 Å². The van der Waals surface area contributed by atoms with Gasteiger partial charge in [-0.1, -0.05) is 35.4 Å². The molecule has 2 aromatic carbocycles. The minimum absolute atomic E-state index is 0. The molecule has 0 amide bonds. The van der Waals surface area contributed by atoms with Crippen LogP contribution in [0.4, 0.5) is 4.39 Å². The van der Waals surface area contributed by atoms with Crippen molar-refractivity contribution in [1.29, 1.82) is 0 Å². The summed E-state index contributed by atoms with van der Waals surface area (Å²) < 4.78 is 14.2. The number of phenols is 1. The molecule has 2 heterocycles. The van der Waals surface area contributed by atoms with Gasteiger partial charge in [0.25, 0.3) is 0 Å². The fourth-order valence-electron chi connectivity index (χ4n) is 2.75. The Morgan fingerprint density at radius 1 is 0.778 bits per heavy atom. The van der Waals surface area contributed by atoms with E-state index in [-0.39, 0.29) is 22.2 Å². The second kappa shape index (κ2) is 8.11. The molecule has 0 aliphatic heterocycles. The van der Waals surface area contributed by atoms with Gasteiger partial charge in [-0.15, -0.1) is 24.3 Å². The van der Waals surface area contributed by atoms with Crippen molar-refractivity contribution in [2.24, 2.45) is 0 Å². The molecule has 4 aromatic rings. The topological polar surface area (TPSA) is 46.0 Å². The number of halogens is 1. The molecule has 0 bridgehead atoms. The molecule has 136 valence electrons. The van der Waals surface area contributed by atoms with E-state index in [0.717, 1.165) is 11.3 Å². The number of rotatable bonds is 3. The monoisotopic (exact) mass is 399 g/mol. The van der Waals surface area contributed by atoms with E-state index >= 15 is 0 Å². The first-order chi connectivity index (χ1) is 12.7. The van der Waals surface area contributed by atoms with Crippen LogP contribution in [0.5, 0.6) is 5.75 Å². The van der Waals surface area contributed by atoms with Gasteiger partial charge in [-0.25, -0.2) is 4.39 Å². The zero-order chi connectivity index (χ0) is 17.9. The summed E-state index contributed by atoms with van der Waals surface area (Å²) in [6, 6.07) is 23.9. The molecule has 5 heteroatoms. The zero-order valence-electron chi connectivity index (χ0n) is 14.0. The maximum absolute atomic E-state index is 14.2. The fraction of sp³-hybridized carbons (Fsp3) is 0. The summed E-state index contributed by atoms with van der Waals surface area (Å²) in [4.78, 5) is 8.84. The third kappa shape index (κ3) is 4.04. The molecule has 0 unspecified atom stereocenters. The van der Waals surface area contributed by atoms with Gasteiger partial charge in [-0.2, -0.15) is 0 Å². The van der Waals surface area contributed by atoms with Crippen molar-refractivity contribution in [3.8, 4) is 39.5 Å². The van der Waals surface area contributed by atoms with Gasteiger partial charge in [0.15, 0.2) is 0 Å². The van der Waals surface area contributed by atoms with Crippen molar-refractivity contribution in [2.45, 2.75) is 0 Å². The van der Waals surface area contributed by atoms with Gasteiger partial charge >= 0.3 is 0 Å². The quantitative estimate of drug-likeness (QED) is 0.384. The van der Waals surface area contributed by atoms with Crippen molar-refractivity contribution >= 4 is 0 Å². The van der Waals surface area contributed by atoms with E-state index in [1.165, 1.54) is 12.1 Å². The number of phenolic OH excluding ortho intramolecular Hbond substituents is 1. The number of pyridine rings is 2. The Morgan fingerprint density at radius 2 is 1.48 bits per heavy atom. The molecule has 27 heavy (non-hydrogen) atoms. The minimum atomic E-state index is -0.426. The van der Waals surface area contributed by atoms with Gasteiger partial charge < -0.3 is 5.11 Å². The number of hydrogen-bond donors (Lipinski definition) is 1. The van der Waals surface area contributed by atoms with E-state index < -0.39 is 5.82 Å². The Bertz CT molecular complexity index is 1070. The predicted molar refractivity (Wildman–Crippen MR) is 98.8 cm³/mol. The fourth-order valence-corrected chi connectivity index (χ4v) is 2.75. The Hall–Kier alpha value is -3.04. The summed E-state index contributed by atoms with van der Waals surface area (Å²) >= 11 is 0. The second-order valence-corrected chi connectivity index (χ2v) is 5.77. The van der Waals surface area contributed by atoms with Crippen LogP contribution >= 0.6 is 0 Å². The number of nitrogens with zero attached hydrogens (tertiary/aromatic N) is 2. The molecule has 0 radical (unpaired) electrons. The summed E-state index contributed by atoms with van der Waals surface area (Å²) in [5.41, 5.74) is 3.54. The Labute approximate surface area is 166 Å². The van der Waals surface area contributed by atoms with Gasteiger partial charge in [0, 0.05) is 39.6 Å². The maximum Gasteiger partial charge on any atom is 0.124 e. The molecule has 4 rings (SSSR count). The first-order valence-electron chi connectivity index (χ1n) is 8.11. The largest absolute Gasteiger partial charge is 0.507 e. The van der Waals surface area contributed by atoms with E-state index in [9.17, 15) is 9.50 Å². The molecular weight excluding hydrogens is 386 g/mol. The van der Waals surface area contributed by atoms with E-state index in [2.05, 4.69) is 16.0 Å². The molecule has 3 nitrogen and oxygen atoms in total. The summed E-state index contributed by atoms with van der Waals surface area (Å²) in [6.45, 7) is 0. The molecule has 0 aliphatic rings. The smallest absolute Gasteiger partial charge is 0.124 e. The molecule has 0 atom stereocenters. The maximum atomic E-state index is 14.2. The normalized spacial score (nSPS) is 10.3. The van der Waals surface area contributed by atoms with Crippen LogP contribution < -0.4 is 0 Å². The molecule has 0 spiro atoms. The van der Waals surface area contributed by atoms with Crippen molar-refractivity contribution in [1.82, 2.24) is 9.97 Å². The molecule has 2 aromatic heterocycles. The third-order valence-corrected chi connectivity index (χ3v) is 3.98. The Kier molecular flexibility index (Phi) is 5.63. The second-order valence-electron chi connectivity index (χ2n) is 5.77. The van der Waals surface area contributed by atoms with E-state index in [1.807, 2.05) is 36.4 Å². The number of benzene rings is 2. The number of para-hydroxylation sites is 1. The summed E-state index contributed by atoms with van der Waals surface area (Å²) in [5.74, 6) is -0.368. The average molecular weight is 400 g/mol. The predicted octanol–water partition coefficient (Wildman–Crippen LogP) is 5.12.